The Kier molecular flexibility index (Phi) is 7.11. The number of piperidine rings is 1. The molecular formula is C22H29N3O7S. The Morgan fingerprint density at radius 2 is 1.82 bits per heavy atom. The molecule has 1 saturated heterocycles. The maximum absolute atomic E-state index is 12.9. The van der Waals surface area contributed by atoms with Crippen LogP contribution in [0.1, 0.15) is 54.3 Å². The van der Waals surface area contributed by atoms with Gasteiger partial charge in [-0.1, -0.05) is 0 Å². The Labute approximate surface area is 193 Å². The van der Waals surface area contributed by atoms with Gasteiger partial charge >= 0.3 is 5.97 Å². The van der Waals surface area contributed by atoms with Crippen molar-refractivity contribution in [2.45, 2.75) is 44.6 Å². The number of likely N-dealkylation sites (tertiary alicyclic amines) is 1. The number of benzene rings is 1. The zero-order valence-corrected chi connectivity index (χ0v) is 20.1. The van der Waals surface area contributed by atoms with E-state index in [2.05, 4.69) is 0 Å². The molecule has 2 aliphatic heterocycles. The van der Waals surface area contributed by atoms with E-state index < -0.39 is 27.9 Å². The van der Waals surface area contributed by atoms with Gasteiger partial charge in [0.05, 0.1) is 24.6 Å². The second kappa shape index (κ2) is 9.50. The number of amides is 3. The van der Waals surface area contributed by atoms with Crippen molar-refractivity contribution in [2.24, 2.45) is 5.92 Å². The first-order chi connectivity index (χ1) is 15.5. The number of carbonyl (C=O) groups excluding carboxylic acids is 4. The van der Waals surface area contributed by atoms with E-state index in [4.69, 9.17) is 4.74 Å². The van der Waals surface area contributed by atoms with Gasteiger partial charge in [-0.05, 0) is 51.8 Å². The molecule has 1 aromatic rings. The van der Waals surface area contributed by atoms with Crippen molar-refractivity contribution >= 4 is 33.7 Å². The van der Waals surface area contributed by atoms with Crippen molar-refractivity contribution in [2.75, 3.05) is 33.3 Å². The van der Waals surface area contributed by atoms with Gasteiger partial charge in [0.25, 0.3) is 21.8 Å². The maximum Gasteiger partial charge on any atom is 0.309 e. The van der Waals surface area contributed by atoms with Crippen molar-refractivity contribution in [1.29, 1.82) is 0 Å². The van der Waals surface area contributed by atoms with Crippen molar-refractivity contribution in [3.8, 4) is 0 Å². The highest BCUT2D eigenvalue weighted by Gasteiger charge is 2.43. The highest BCUT2D eigenvalue weighted by atomic mass is 32.2. The quantitative estimate of drug-likeness (QED) is 0.560. The van der Waals surface area contributed by atoms with Crippen molar-refractivity contribution in [3.63, 3.8) is 0 Å². The Bertz CT molecular complexity index is 1080. The predicted molar refractivity (Wildman–Crippen MR) is 118 cm³/mol. The lowest BCUT2D eigenvalue weighted by molar-refractivity contribution is -0.151. The van der Waals surface area contributed by atoms with Crippen LogP contribution in [0.5, 0.6) is 0 Å². The summed E-state index contributed by atoms with van der Waals surface area (Å²) in [5, 5.41) is 0. The molecule has 0 aromatic heterocycles. The summed E-state index contributed by atoms with van der Waals surface area (Å²) >= 11 is 0. The van der Waals surface area contributed by atoms with Gasteiger partial charge in [0.1, 0.15) is 4.90 Å². The Hall–Kier alpha value is -2.95. The van der Waals surface area contributed by atoms with Crippen molar-refractivity contribution < 1.29 is 32.3 Å². The van der Waals surface area contributed by atoms with Gasteiger partial charge in [-0.15, -0.1) is 0 Å². The second-order valence-electron chi connectivity index (χ2n) is 8.48. The second-order valence-corrected chi connectivity index (χ2v) is 10.3. The number of likely N-dealkylation sites (N-methyl/N-ethyl adjacent to an activating group) is 1. The fourth-order valence-corrected chi connectivity index (χ4v) is 5.90. The average Bonchev–Trinajstić information content (AvgIpc) is 2.98. The van der Waals surface area contributed by atoms with Gasteiger partial charge in [0, 0.05) is 31.7 Å². The highest BCUT2D eigenvalue weighted by Crippen LogP contribution is 2.32. The summed E-state index contributed by atoms with van der Waals surface area (Å²) in [6, 6.07) is 3.37. The molecule has 2 aliphatic rings. The van der Waals surface area contributed by atoms with Gasteiger partial charge in [0.15, 0.2) is 0 Å². The molecule has 1 fully saturated rings. The van der Waals surface area contributed by atoms with Gasteiger partial charge in [-0.3, -0.25) is 19.2 Å². The molecule has 0 atom stereocenters. The predicted octanol–water partition coefficient (Wildman–Crippen LogP) is 1.11. The van der Waals surface area contributed by atoms with Crippen LogP contribution in [0.15, 0.2) is 23.1 Å². The maximum atomic E-state index is 12.9. The third-order valence-corrected chi connectivity index (χ3v) is 7.85. The number of ether oxygens (including phenoxy) is 1. The largest absolute Gasteiger partial charge is 0.466 e. The van der Waals surface area contributed by atoms with Crippen LogP contribution in [0.2, 0.25) is 0 Å². The summed E-state index contributed by atoms with van der Waals surface area (Å²) in [5.41, 5.74) is 0.107. The van der Waals surface area contributed by atoms with Crippen molar-refractivity contribution in [1.82, 2.24) is 14.1 Å². The van der Waals surface area contributed by atoms with Gasteiger partial charge in [-0.2, -0.15) is 0 Å². The molecular weight excluding hydrogens is 450 g/mol. The Morgan fingerprint density at radius 3 is 2.39 bits per heavy atom. The summed E-state index contributed by atoms with van der Waals surface area (Å²) in [7, 11) is -2.58. The van der Waals surface area contributed by atoms with Crippen molar-refractivity contribution in [3.05, 3.63) is 29.3 Å². The molecule has 33 heavy (non-hydrogen) atoms. The first kappa shape index (κ1) is 24.7. The zero-order chi connectivity index (χ0) is 24.5. The zero-order valence-electron chi connectivity index (χ0n) is 19.2. The first-order valence-corrected chi connectivity index (χ1v) is 12.4. The third-order valence-electron chi connectivity index (χ3n) is 5.85. The van der Waals surface area contributed by atoms with Gasteiger partial charge in [0.2, 0.25) is 5.91 Å². The molecule has 0 spiro atoms. The minimum Gasteiger partial charge on any atom is -0.466 e. The normalized spacial score (nSPS) is 17.8. The number of nitrogens with zero attached hydrogens (tertiary/aromatic N) is 3. The number of carbonyl (C=O) groups is 4. The molecule has 0 aliphatic carbocycles. The van der Waals surface area contributed by atoms with E-state index in [9.17, 15) is 27.6 Å². The van der Waals surface area contributed by atoms with E-state index in [1.807, 2.05) is 0 Å². The lowest BCUT2D eigenvalue weighted by atomic mass is 9.97. The number of hydrogen-bond donors (Lipinski definition) is 0. The van der Waals surface area contributed by atoms with E-state index in [1.54, 1.807) is 25.7 Å². The summed E-state index contributed by atoms with van der Waals surface area (Å²) in [5.74, 6) is -1.89. The van der Waals surface area contributed by atoms with Crippen LogP contribution in [0.3, 0.4) is 0 Å². The number of fused-ring (bicyclic) bond motifs is 1. The van der Waals surface area contributed by atoms with Crippen LogP contribution in [-0.4, -0.2) is 85.5 Å². The molecule has 0 bridgehead atoms. The summed E-state index contributed by atoms with van der Waals surface area (Å²) < 4.78 is 31.4. The number of hydrogen-bond acceptors (Lipinski definition) is 7. The van der Waals surface area contributed by atoms with Crippen LogP contribution < -0.4 is 0 Å². The lowest BCUT2D eigenvalue weighted by Gasteiger charge is -2.32. The molecule has 0 saturated carbocycles. The molecule has 2 heterocycles. The van der Waals surface area contributed by atoms with E-state index >= 15 is 0 Å². The number of esters is 1. The van der Waals surface area contributed by atoms with Gasteiger partial charge in [-0.25, -0.2) is 12.7 Å². The molecule has 1 aromatic carbocycles. The molecule has 0 radical (unpaired) electrons. The van der Waals surface area contributed by atoms with E-state index in [0.717, 1.165) is 4.31 Å². The molecule has 0 unspecified atom stereocenters. The van der Waals surface area contributed by atoms with Crippen LogP contribution >= 0.6 is 0 Å². The first-order valence-electron chi connectivity index (χ1n) is 10.9. The van der Waals surface area contributed by atoms with E-state index in [1.165, 1.54) is 30.1 Å². The summed E-state index contributed by atoms with van der Waals surface area (Å²) in [6.45, 7) is 5.87. The van der Waals surface area contributed by atoms with Crippen LogP contribution in [0.25, 0.3) is 0 Å². The monoisotopic (exact) mass is 479 g/mol. The van der Waals surface area contributed by atoms with Crippen LogP contribution in [0.4, 0.5) is 0 Å². The molecule has 0 N–H and O–H groups in total. The fraction of sp³-hybridized carbons (Fsp3) is 0.545. The van der Waals surface area contributed by atoms with E-state index in [-0.39, 0.29) is 40.4 Å². The third kappa shape index (κ3) is 4.73. The number of rotatable bonds is 6. The molecule has 3 amide bonds. The SMILES string of the molecule is CCOC(=O)C1CCN(C(=O)CN(C)C(=O)c2ccc3c(c2)S(=O)(=O)N(C(C)C)C3=O)CC1. The molecule has 3 rings (SSSR count). The minimum atomic E-state index is -4.03. The fourth-order valence-electron chi connectivity index (χ4n) is 4.11. The Balaban J connectivity index is 1.66. The Morgan fingerprint density at radius 1 is 1.18 bits per heavy atom. The molecule has 180 valence electrons. The average molecular weight is 480 g/mol. The van der Waals surface area contributed by atoms with Gasteiger partial charge < -0.3 is 14.5 Å². The van der Waals surface area contributed by atoms with E-state index in [0.29, 0.717) is 32.5 Å². The molecule has 11 heteroatoms. The number of sulfonamides is 1. The minimum absolute atomic E-state index is 0.0310. The standard InChI is InChI=1S/C22H29N3O7S/c1-5-32-22(29)15-8-10-24(11-9-15)19(26)13-23(4)20(27)16-6-7-17-18(12-16)33(30,31)25(14(2)3)21(17)28/h6-7,12,14-15H,5,8-11,13H2,1-4H3. The summed E-state index contributed by atoms with van der Waals surface area (Å²) in [4.78, 5) is 52.5. The van der Waals surface area contributed by atoms with Crippen LogP contribution in [0, 0.1) is 5.92 Å². The lowest BCUT2D eigenvalue weighted by Crippen LogP contribution is -2.45. The highest BCUT2D eigenvalue weighted by molar-refractivity contribution is 7.90. The molecule has 10 nitrogen and oxygen atoms in total. The van der Waals surface area contributed by atoms with Crippen LogP contribution in [-0.2, 0) is 24.3 Å². The summed E-state index contributed by atoms with van der Waals surface area (Å²) in [6.07, 6.45) is 1.01. The smallest absolute Gasteiger partial charge is 0.309 e. The topological polar surface area (TPSA) is 121 Å².